The molecule has 1 fully saturated rings. The number of pyridine rings is 1. The van der Waals surface area contributed by atoms with Gasteiger partial charge in [0, 0.05) is 38.6 Å². The predicted octanol–water partition coefficient (Wildman–Crippen LogP) is 0.416. The van der Waals surface area contributed by atoms with Crippen molar-refractivity contribution in [2.45, 2.75) is 0 Å². The minimum absolute atomic E-state index is 0.0661. The minimum Gasteiger partial charge on any atom is -0.397 e. The van der Waals surface area contributed by atoms with E-state index in [1.165, 1.54) is 6.20 Å². The molecular weight excluding hydrogens is 268 g/mol. The van der Waals surface area contributed by atoms with Gasteiger partial charge in [0.25, 0.3) is 5.91 Å². The van der Waals surface area contributed by atoms with E-state index in [1.807, 2.05) is 0 Å². The molecule has 0 atom stereocenters. The molecule has 0 aliphatic carbocycles. The first-order valence-electron chi connectivity index (χ1n) is 6.77. The maximum absolute atomic E-state index is 12.3. The van der Waals surface area contributed by atoms with Crippen molar-refractivity contribution in [2.75, 3.05) is 36.8 Å². The lowest BCUT2D eigenvalue weighted by molar-refractivity contribution is 0.0740. The molecular formula is C14H16N6O. The fraction of sp³-hybridized carbons (Fsp3) is 0.286. The van der Waals surface area contributed by atoms with Crippen molar-refractivity contribution in [3.8, 4) is 0 Å². The molecule has 0 aromatic carbocycles. The summed E-state index contributed by atoms with van der Waals surface area (Å²) in [7, 11) is 0. The SMILES string of the molecule is Nc1ccc(C(=O)N2CCN(c3ncccn3)CC2)nc1. The average molecular weight is 284 g/mol. The van der Waals surface area contributed by atoms with Crippen LogP contribution in [0.3, 0.4) is 0 Å². The molecule has 0 bridgehead atoms. The van der Waals surface area contributed by atoms with Gasteiger partial charge in [-0.25, -0.2) is 15.0 Å². The third-order valence-corrected chi connectivity index (χ3v) is 3.41. The number of rotatable bonds is 2. The molecule has 3 heterocycles. The first kappa shape index (κ1) is 13.3. The van der Waals surface area contributed by atoms with Crippen molar-refractivity contribution in [3.63, 3.8) is 0 Å². The van der Waals surface area contributed by atoms with Crippen LogP contribution in [0.5, 0.6) is 0 Å². The van der Waals surface area contributed by atoms with Crippen LogP contribution in [0.2, 0.25) is 0 Å². The molecule has 7 heteroatoms. The van der Waals surface area contributed by atoms with Crippen LogP contribution < -0.4 is 10.6 Å². The molecule has 0 saturated carbocycles. The predicted molar refractivity (Wildman–Crippen MR) is 78.8 cm³/mol. The summed E-state index contributed by atoms with van der Waals surface area (Å²) in [6.07, 6.45) is 4.94. The van der Waals surface area contributed by atoms with Gasteiger partial charge in [-0.15, -0.1) is 0 Å². The van der Waals surface area contributed by atoms with Gasteiger partial charge in [-0.2, -0.15) is 0 Å². The summed E-state index contributed by atoms with van der Waals surface area (Å²) in [5, 5.41) is 0. The summed E-state index contributed by atoms with van der Waals surface area (Å²) >= 11 is 0. The van der Waals surface area contributed by atoms with Crippen molar-refractivity contribution in [3.05, 3.63) is 42.5 Å². The highest BCUT2D eigenvalue weighted by atomic mass is 16.2. The monoisotopic (exact) mass is 284 g/mol. The molecule has 0 spiro atoms. The topological polar surface area (TPSA) is 88.2 Å². The Hall–Kier alpha value is -2.70. The summed E-state index contributed by atoms with van der Waals surface area (Å²) in [6.45, 7) is 2.68. The van der Waals surface area contributed by atoms with E-state index in [-0.39, 0.29) is 5.91 Å². The Morgan fingerprint density at radius 2 is 1.76 bits per heavy atom. The van der Waals surface area contributed by atoms with Crippen LogP contribution in [0.15, 0.2) is 36.8 Å². The highest BCUT2D eigenvalue weighted by molar-refractivity contribution is 5.92. The van der Waals surface area contributed by atoms with Gasteiger partial charge < -0.3 is 15.5 Å². The fourth-order valence-electron chi connectivity index (χ4n) is 2.26. The number of carbonyl (C=O) groups is 1. The Morgan fingerprint density at radius 3 is 2.38 bits per heavy atom. The number of nitrogen functional groups attached to an aromatic ring is 1. The summed E-state index contributed by atoms with van der Waals surface area (Å²) < 4.78 is 0. The van der Waals surface area contributed by atoms with Crippen LogP contribution >= 0.6 is 0 Å². The van der Waals surface area contributed by atoms with Crippen LogP contribution in [-0.2, 0) is 0 Å². The maximum atomic E-state index is 12.3. The zero-order valence-electron chi connectivity index (χ0n) is 11.5. The van der Waals surface area contributed by atoms with Crippen LogP contribution in [0.4, 0.5) is 11.6 Å². The Labute approximate surface area is 122 Å². The number of carbonyl (C=O) groups excluding carboxylic acids is 1. The molecule has 0 unspecified atom stereocenters. The molecule has 1 aliphatic heterocycles. The largest absolute Gasteiger partial charge is 0.397 e. The Balaban J connectivity index is 1.63. The van der Waals surface area contributed by atoms with Gasteiger partial charge in [0.2, 0.25) is 5.95 Å². The van der Waals surface area contributed by atoms with E-state index in [9.17, 15) is 4.79 Å². The normalized spacial score (nSPS) is 15.0. The minimum atomic E-state index is -0.0661. The van der Waals surface area contributed by atoms with E-state index >= 15 is 0 Å². The summed E-state index contributed by atoms with van der Waals surface area (Å²) in [5.74, 6) is 0.638. The van der Waals surface area contributed by atoms with Gasteiger partial charge in [0.1, 0.15) is 5.69 Å². The Kier molecular flexibility index (Phi) is 3.63. The first-order chi connectivity index (χ1) is 10.2. The van der Waals surface area contributed by atoms with Gasteiger partial charge in [0.15, 0.2) is 0 Å². The quantitative estimate of drug-likeness (QED) is 0.859. The molecule has 108 valence electrons. The smallest absolute Gasteiger partial charge is 0.272 e. The lowest BCUT2D eigenvalue weighted by Gasteiger charge is -2.34. The molecule has 2 aromatic heterocycles. The van der Waals surface area contributed by atoms with Crippen molar-refractivity contribution in [1.29, 1.82) is 0 Å². The van der Waals surface area contributed by atoms with Crippen molar-refractivity contribution in [1.82, 2.24) is 19.9 Å². The number of anilines is 2. The van der Waals surface area contributed by atoms with Crippen LogP contribution in [-0.4, -0.2) is 51.9 Å². The van der Waals surface area contributed by atoms with Gasteiger partial charge in [0.05, 0.1) is 11.9 Å². The second kappa shape index (κ2) is 5.74. The molecule has 1 amide bonds. The van der Waals surface area contributed by atoms with Gasteiger partial charge in [-0.05, 0) is 18.2 Å². The molecule has 1 saturated heterocycles. The first-order valence-corrected chi connectivity index (χ1v) is 6.77. The highest BCUT2D eigenvalue weighted by Crippen LogP contribution is 2.12. The molecule has 21 heavy (non-hydrogen) atoms. The lowest BCUT2D eigenvalue weighted by atomic mass is 10.2. The third kappa shape index (κ3) is 2.91. The van der Waals surface area contributed by atoms with E-state index < -0.39 is 0 Å². The standard InChI is InChI=1S/C14H16N6O/c15-11-2-3-12(18-10-11)13(21)19-6-8-20(9-7-19)14-16-4-1-5-17-14/h1-5,10H,6-9,15H2. The van der Waals surface area contributed by atoms with Gasteiger partial charge in [-0.1, -0.05) is 0 Å². The summed E-state index contributed by atoms with van der Waals surface area (Å²) in [6, 6.07) is 5.13. The average Bonchev–Trinajstić information content (AvgIpc) is 2.56. The number of aromatic nitrogens is 3. The number of piperazine rings is 1. The number of amides is 1. The van der Waals surface area contributed by atoms with Gasteiger partial charge >= 0.3 is 0 Å². The zero-order valence-corrected chi connectivity index (χ0v) is 11.5. The van der Waals surface area contributed by atoms with E-state index in [1.54, 1.807) is 35.5 Å². The van der Waals surface area contributed by atoms with E-state index in [0.29, 0.717) is 43.5 Å². The molecule has 2 aromatic rings. The van der Waals surface area contributed by atoms with Gasteiger partial charge in [-0.3, -0.25) is 4.79 Å². The Morgan fingerprint density at radius 1 is 1.05 bits per heavy atom. The van der Waals surface area contributed by atoms with Crippen molar-refractivity contribution >= 4 is 17.5 Å². The molecule has 7 nitrogen and oxygen atoms in total. The number of hydrogen-bond acceptors (Lipinski definition) is 6. The Bertz CT molecular complexity index is 607. The zero-order chi connectivity index (χ0) is 14.7. The van der Waals surface area contributed by atoms with Crippen LogP contribution in [0, 0.1) is 0 Å². The van der Waals surface area contributed by atoms with E-state index in [0.717, 1.165) is 0 Å². The third-order valence-electron chi connectivity index (χ3n) is 3.41. The van der Waals surface area contributed by atoms with Crippen molar-refractivity contribution in [2.24, 2.45) is 0 Å². The van der Waals surface area contributed by atoms with Crippen LogP contribution in [0.25, 0.3) is 0 Å². The molecule has 2 N–H and O–H groups in total. The van der Waals surface area contributed by atoms with E-state index in [2.05, 4.69) is 19.9 Å². The summed E-state index contributed by atoms with van der Waals surface area (Å²) in [5.41, 5.74) is 6.56. The van der Waals surface area contributed by atoms with Crippen molar-refractivity contribution < 1.29 is 4.79 Å². The molecule has 0 radical (unpaired) electrons. The second-order valence-electron chi connectivity index (χ2n) is 4.80. The summed E-state index contributed by atoms with van der Waals surface area (Å²) in [4.78, 5) is 28.7. The number of hydrogen-bond donors (Lipinski definition) is 1. The molecule has 1 aliphatic rings. The number of nitrogens with two attached hydrogens (primary N) is 1. The lowest BCUT2D eigenvalue weighted by Crippen LogP contribution is -2.49. The highest BCUT2D eigenvalue weighted by Gasteiger charge is 2.23. The van der Waals surface area contributed by atoms with E-state index in [4.69, 9.17) is 5.73 Å². The number of nitrogens with zero attached hydrogens (tertiary/aromatic N) is 5. The van der Waals surface area contributed by atoms with Crippen LogP contribution in [0.1, 0.15) is 10.5 Å². The molecule has 3 rings (SSSR count). The fourth-order valence-corrected chi connectivity index (χ4v) is 2.26. The second-order valence-corrected chi connectivity index (χ2v) is 4.80. The maximum Gasteiger partial charge on any atom is 0.272 e.